The molecule has 0 aromatic heterocycles. The van der Waals surface area contributed by atoms with Crippen molar-refractivity contribution in [2.24, 2.45) is 5.10 Å². The second-order valence-corrected chi connectivity index (χ2v) is 7.94. The number of benzene rings is 3. The zero-order chi connectivity index (χ0) is 22.6. The van der Waals surface area contributed by atoms with Gasteiger partial charge >= 0.3 is 0 Å². The Kier molecular flexibility index (Phi) is 6.04. The molecule has 2 N–H and O–H groups in total. The molecule has 2 heterocycles. The van der Waals surface area contributed by atoms with Gasteiger partial charge in [-0.1, -0.05) is 36.4 Å². The fourth-order valence-corrected chi connectivity index (χ4v) is 3.98. The molecular formula is C26H26N2O5. The summed E-state index contributed by atoms with van der Waals surface area (Å²) in [7, 11) is 1.61. The minimum absolute atomic E-state index is 0.392. The fraction of sp³-hybridized carbons (Fsp3) is 0.269. The number of rotatable bonds is 6. The van der Waals surface area contributed by atoms with Crippen LogP contribution in [0.15, 0.2) is 71.8 Å². The van der Waals surface area contributed by atoms with Crippen LogP contribution in [-0.4, -0.2) is 37.2 Å². The van der Waals surface area contributed by atoms with Crippen LogP contribution in [0.1, 0.15) is 29.2 Å². The van der Waals surface area contributed by atoms with E-state index in [-0.39, 0.29) is 0 Å². The normalized spacial score (nSPS) is 19.3. The van der Waals surface area contributed by atoms with Gasteiger partial charge in [0, 0.05) is 18.1 Å². The van der Waals surface area contributed by atoms with Gasteiger partial charge in [0.05, 0.1) is 20.3 Å². The van der Waals surface area contributed by atoms with Crippen LogP contribution in [0, 0.1) is 0 Å². The lowest BCUT2D eigenvalue weighted by atomic mass is 9.95. The molecule has 2 atom stereocenters. The molecule has 0 fully saturated rings. The molecule has 2 aliphatic rings. The Morgan fingerprint density at radius 1 is 1.00 bits per heavy atom. The second-order valence-electron chi connectivity index (χ2n) is 7.94. The highest BCUT2D eigenvalue weighted by atomic mass is 16.5. The number of fused-ring (bicyclic) bond motifs is 1. The highest BCUT2D eigenvalue weighted by Crippen LogP contribution is 2.36. The first-order chi connectivity index (χ1) is 16.2. The van der Waals surface area contributed by atoms with E-state index in [1.807, 2.05) is 66.7 Å². The zero-order valence-corrected chi connectivity index (χ0v) is 18.4. The lowest BCUT2D eigenvalue weighted by molar-refractivity contribution is 0.206. The highest BCUT2D eigenvalue weighted by molar-refractivity contribution is 6.07. The van der Waals surface area contributed by atoms with Gasteiger partial charge in [0.2, 0.25) is 0 Å². The van der Waals surface area contributed by atoms with Gasteiger partial charge in [0.25, 0.3) is 0 Å². The number of nitrogens with zero attached hydrogens (tertiary/aromatic N) is 1. The molecule has 0 saturated heterocycles. The Hall–Kier alpha value is -3.71. The molecule has 170 valence electrons. The van der Waals surface area contributed by atoms with Crippen molar-refractivity contribution in [2.45, 2.75) is 25.2 Å². The van der Waals surface area contributed by atoms with Crippen LogP contribution >= 0.6 is 0 Å². The van der Waals surface area contributed by atoms with Crippen LogP contribution in [-0.2, 0) is 6.61 Å². The fourth-order valence-electron chi connectivity index (χ4n) is 3.98. The number of hydrogen-bond acceptors (Lipinski definition) is 7. The van der Waals surface area contributed by atoms with Crippen molar-refractivity contribution in [3.05, 3.63) is 83.4 Å². The molecule has 0 amide bonds. The van der Waals surface area contributed by atoms with E-state index in [2.05, 4.69) is 10.5 Å². The predicted molar refractivity (Wildman–Crippen MR) is 124 cm³/mol. The molecule has 0 aliphatic carbocycles. The van der Waals surface area contributed by atoms with Crippen molar-refractivity contribution in [3.63, 3.8) is 0 Å². The first kappa shape index (κ1) is 21.2. The van der Waals surface area contributed by atoms with Crippen LogP contribution in [0.4, 0.5) is 0 Å². The van der Waals surface area contributed by atoms with E-state index in [1.165, 1.54) is 0 Å². The van der Waals surface area contributed by atoms with E-state index in [0.717, 1.165) is 23.3 Å². The van der Waals surface area contributed by atoms with Crippen LogP contribution in [0.2, 0.25) is 0 Å². The molecule has 0 spiro atoms. The van der Waals surface area contributed by atoms with Crippen LogP contribution in [0.25, 0.3) is 0 Å². The number of nitrogens with one attached hydrogen (secondary N) is 1. The lowest BCUT2D eigenvalue weighted by Gasteiger charge is -2.19. The van der Waals surface area contributed by atoms with E-state index >= 15 is 0 Å². The molecule has 33 heavy (non-hydrogen) atoms. The summed E-state index contributed by atoms with van der Waals surface area (Å²) in [6.45, 7) is 1.63. The molecule has 0 unspecified atom stereocenters. The van der Waals surface area contributed by atoms with Crippen LogP contribution in [0.3, 0.4) is 0 Å². The van der Waals surface area contributed by atoms with Gasteiger partial charge in [0.1, 0.15) is 36.0 Å². The molecular weight excluding hydrogens is 420 g/mol. The number of aliphatic hydroxyl groups is 1. The molecule has 3 aromatic rings. The molecule has 0 saturated carbocycles. The van der Waals surface area contributed by atoms with Crippen molar-refractivity contribution >= 4 is 5.71 Å². The van der Waals surface area contributed by atoms with Gasteiger partial charge in [-0.3, -0.25) is 5.43 Å². The summed E-state index contributed by atoms with van der Waals surface area (Å²) >= 11 is 0. The first-order valence-electron chi connectivity index (χ1n) is 11.0. The molecule has 3 aromatic carbocycles. The maximum Gasteiger partial charge on any atom is 0.161 e. The van der Waals surface area contributed by atoms with Gasteiger partial charge in [-0.05, 0) is 35.4 Å². The van der Waals surface area contributed by atoms with E-state index in [0.29, 0.717) is 48.3 Å². The standard InChI is InChI=1S/C26H26N2O5/c1-30-19-9-10-20(22(15-19)33-16-17-6-3-2-4-7-17)25-26(29)24(27-28-25)18-8-11-21-23(14-18)32-13-5-12-31-21/h2-4,6-11,14-15,24,26-27,29H,5,12-13,16H2,1H3/t24-,26-/m1/s1. The molecule has 7 nitrogen and oxygen atoms in total. The lowest BCUT2D eigenvalue weighted by Crippen LogP contribution is -2.27. The molecule has 5 rings (SSSR count). The topological polar surface area (TPSA) is 81.5 Å². The van der Waals surface area contributed by atoms with E-state index in [9.17, 15) is 5.11 Å². The monoisotopic (exact) mass is 446 g/mol. The summed E-state index contributed by atoms with van der Waals surface area (Å²) in [6, 6.07) is 20.7. The van der Waals surface area contributed by atoms with Gasteiger partial charge in [0.15, 0.2) is 11.5 Å². The van der Waals surface area contributed by atoms with Gasteiger partial charge in [-0.15, -0.1) is 0 Å². The summed E-state index contributed by atoms with van der Waals surface area (Å²) in [4.78, 5) is 0. The minimum atomic E-state index is -0.873. The van der Waals surface area contributed by atoms with Crippen molar-refractivity contribution in [1.29, 1.82) is 0 Å². The average Bonchev–Trinajstić information content (AvgIpc) is 3.08. The number of hydrazone groups is 1. The van der Waals surface area contributed by atoms with E-state index in [4.69, 9.17) is 18.9 Å². The third-order valence-corrected chi connectivity index (χ3v) is 5.75. The minimum Gasteiger partial charge on any atom is -0.497 e. The van der Waals surface area contributed by atoms with Crippen LogP contribution in [0.5, 0.6) is 23.0 Å². The number of aliphatic hydroxyl groups excluding tert-OH is 1. The maximum absolute atomic E-state index is 11.2. The smallest absolute Gasteiger partial charge is 0.161 e. The van der Waals surface area contributed by atoms with Crippen LogP contribution < -0.4 is 24.4 Å². The Balaban J connectivity index is 1.39. The van der Waals surface area contributed by atoms with Crippen molar-refractivity contribution in [1.82, 2.24) is 5.43 Å². The van der Waals surface area contributed by atoms with Crippen molar-refractivity contribution in [2.75, 3.05) is 20.3 Å². The Morgan fingerprint density at radius 2 is 1.82 bits per heavy atom. The third kappa shape index (κ3) is 4.45. The molecule has 0 bridgehead atoms. The summed E-state index contributed by atoms with van der Waals surface area (Å²) < 4.78 is 23.0. The summed E-state index contributed by atoms with van der Waals surface area (Å²) in [6.07, 6.45) is -0.0348. The summed E-state index contributed by atoms with van der Waals surface area (Å²) in [5.41, 5.74) is 6.21. The summed E-state index contributed by atoms with van der Waals surface area (Å²) in [5.74, 6) is 2.67. The van der Waals surface area contributed by atoms with Gasteiger partial charge in [-0.2, -0.15) is 5.10 Å². The second kappa shape index (κ2) is 9.42. The molecule has 7 heteroatoms. The SMILES string of the molecule is COc1ccc(C2=NN[C@H](c3ccc4c(c3)OCCCO4)[C@H]2O)c(OCc2ccccc2)c1. The molecule has 2 aliphatic heterocycles. The number of methoxy groups -OCH3 is 1. The van der Waals surface area contributed by atoms with E-state index < -0.39 is 12.1 Å². The zero-order valence-electron chi connectivity index (χ0n) is 18.4. The Labute approximate surface area is 192 Å². The van der Waals surface area contributed by atoms with E-state index in [1.54, 1.807) is 7.11 Å². The Morgan fingerprint density at radius 3 is 2.64 bits per heavy atom. The first-order valence-corrected chi connectivity index (χ1v) is 11.0. The van der Waals surface area contributed by atoms with Gasteiger partial charge in [-0.25, -0.2) is 0 Å². The average molecular weight is 447 g/mol. The maximum atomic E-state index is 11.2. The van der Waals surface area contributed by atoms with Crippen molar-refractivity contribution < 1.29 is 24.1 Å². The predicted octanol–water partition coefficient (Wildman–Crippen LogP) is 3.85. The molecule has 0 radical (unpaired) electrons. The largest absolute Gasteiger partial charge is 0.497 e. The quantitative estimate of drug-likeness (QED) is 0.599. The number of hydrogen-bond donors (Lipinski definition) is 2. The number of ether oxygens (including phenoxy) is 4. The highest BCUT2D eigenvalue weighted by Gasteiger charge is 2.34. The third-order valence-electron chi connectivity index (χ3n) is 5.75. The van der Waals surface area contributed by atoms with Gasteiger partial charge < -0.3 is 24.1 Å². The van der Waals surface area contributed by atoms with Crippen molar-refractivity contribution in [3.8, 4) is 23.0 Å². The summed E-state index contributed by atoms with van der Waals surface area (Å²) in [5, 5.41) is 15.7. The Bertz CT molecular complexity index is 1150.